The van der Waals surface area contributed by atoms with Gasteiger partial charge in [-0.3, -0.25) is 0 Å². The van der Waals surface area contributed by atoms with Gasteiger partial charge in [-0.15, -0.1) is 0 Å². The zero-order valence-electron chi connectivity index (χ0n) is 9.32. The van der Waals surface area contributed by atoms with Crippen LogP contribution in [0.1, 0.15) is 10.4 Å². The zero-order chi connectivity index (χ0) is 14.0. The smallest absolute Gasteiger partial charge is 0.335 e. The Hall–Kier alpha value is -1.66. The molecule has 0 aliphatic heterocycles. The van der Waals surface area contributed by atoms with Crippen molar-refractivity contribution in [2.75, 3.05) is 5.32 Å². The summed E-state index contributed by atoms with van der Waals surface area (Å²) in [5, 5.41) is 11.8. The van der Waals surface area contributed by atoms with E-state index >= 15 is 0 Å². The molecule has 4 nitrogen and oxygen atoms in total. The summed E-state index contributed by atoms with van der Waals surface area (Å²) in [6, 6.07) is 6.87. The number of aromatic carboxylic acids is 1. The Balaban J connectivity index is 2.32. The fourth-order valence-corrected chi connectivity index (χ4v) is 1.99. The van der Waals surface area contributed by atoms with Gasteiger partial charge < -0.3 is 10.4 Å². The quantitative estimate of drug-likeness (QED) is 0.823. The predicted molar refractivity (Wildman–Crippen MR) is 73.6 cm³/mol. The minimum absolute atomic E-state index is 0.0173. The minimum atomic E-state index is -1.10. The number of rotatable bonds is 3. The zero-order valence-corrected chi connectivity index (χ0v) is 11.7. The number of carbonyl (C=O) groups is 1. The normalized spacial score (nSPS) is 10.3. The summed E-state index contributed by atoms with van der Waals surface area (Å²) in [6.07, 6.45) is 0. The molecule has 0 amide bonds. The topological polar surface area (TPSA) is 62.2 Å². The molecule has 2 aromatic rings. The number of halogens is 3. The number of carboxylic acid groups (broad SMARTS) is 1. The number of anilines is 2. The number of hydrogen-bond acceptors (Lipinski definition) is 3. The SMILES string of the molecule is O=C(O)c1cc(Cl)nc(Nc2ccc(F)c(Br)c2)c1. The van der Waals surface area contributed by atoms with Crippen molar-refractivity contribution in [2.45, 2.75) is 0 Å². The molecule has 0 atom stereocenters. The van der Waals surface area contributed by atoms with E-state index in [0.29, 0.717) is 5.69 Å². The lowest BCUT2D eigenvalue weighted by atomic mass is 10.2. The highest BCUT2D eigenvalue weighted by Crippen LogP contribution is 2.23. The van der Waals surface area contributed by atoms with E-state index in [4.69, 9.17) is 16.7 Å². The van der Waals surface area contributed by atoms with Gasteiger partial charge in [0.05, 0.1) is 10.0 Å². The first-order chi connectivity index (χ1) is 8.95. The lowest BCUT2D eigenvalue weighted by molar-refractivity contribution is 0.0697. The molecule has 0 aliphatic rings. The van der Waals surface area contributed by atoms with Gasteiger partial charge in [-0.25, -0.2) is 14.2 Å². The molecule has 2 N–H and O–H groups in total. The first-order valence-corrected chi connectivity index (χ1v) is 6.26. The molecule has 0 bridgehead atoms. The Morgan fingerprint density at radius 2 is 2.11 bits per heavy atom. The molecule has 1 aromatic heterocycles. The maximum absolute atomic E-state index is 13.1. The van der Waals surface area contributed by atoms with Crippen LogP contribution < -0.4 is 5.32 Å². The van der Waals surface area contributed by atoms with Gasteiger partial charge in [0.25, 0.3) is 0 Å². The Morgan fingerprint density at radius 1 is 1.37 bits per heavy atom. The minimum Gasteiger partial charge on any atom is -0.478 e. The van der Waals surface area contributed by atoms with Gasteiger partial charge in [0.2, 0.25) is 0 Å². The standard InChI is InChI=1S/C12H7BrClFN2O2/c13-8-5-7(1-2-9(8)15)16-11-4-6(12(18)19)3-10(14)17-11/h1-5H,(H,16,17)(H,18,19). The largest absolute Gasteiger partial charge is 0.478 e. The molecule has 0 unspecified atom stereocenters. The van der Waals surface area contributed by atoms with E-state index in [-0.39, 0.29) is 21.0 Å². The Labute approximate surface area is 121 Å². The average molecular weight is 346 g/mol. The molecule has 0 aliphatic carbocycles. The third kappa shape index (κ3) is 3.42. The summed E-state index contributed by atoms with van der Waals surface area (Å²) in [4.78, 5) is 14.8. The number of benzene rings is 1. The number of hydrogen-bond donors (Lipinski definition) is 2. The van der Waals surface area contributed by atoms with Crippen molar-refractivity contribution < 1.29 is 14.3 Å². The van der Waals surface area contributed by atoms with Crippen LogP contribution in [0.2, 0.25) is 5.15 Å². The highest BCUT2D eigenvalue weighted by molar-refractivity contribution is 9.10. The second-order valence-corrected chi connectivity index (χ2v) is 4.86. The first-order valence-electron chi connectivity index (χ1n) is 5.08. The third-order valence-electron chi connectivity index (χ3n) is 2.23. The van der Waals surface area contributed by atoms with Crippen LogP contribution in [0, 0.1) is 5.82 Å². The molecule has 0 radical (unpaired) electrons. The lowest BCUT2D eigenvalue weighted by Crippen LogP contribution is -2.01. The molecular formula is C12H7BrClFN2O2. The molecule has 2 rings (SSSR count). The van der Waals surface area contributed by atoms with Crippen LogP contribution in [-0.4, -0.2) is 16.1 Å². The van der Waals surface area contributed by atoms with E-state index in [1.54, 1.807) is 0 Å². The van der Waals surface area contributed by atoms with Crippen molar-refractivity contribution >= 4 is 45.0 Å². The van der Waals surface area contributed by atoms with Crippen molar-refractivity contribution in [2.24, 2.45) is 0 Å². The van der Waals surface area contributed by atoms with E-state index in [0.717, 1.165) is 0 Å². The van der Waals surface area contributed by atoms with Crippen molar-refractivity contribution in [3.63, 3.8) is 0 Å². The number of nitrogens with zero attached hydrogens (tertiary/aromatic N) is 1. The molecule has 7 heteroatoms. The second-order valence-electron chi connectivity index (χ2n) is 3.62. The molecule has 0 saturated carbocycles. The maximum Gasteiger partial charge on any atom is 0.335 e. The van der Waals surface area contributed by atoms with Gasteiger partial charge in [-0.1, -0.05) is 11.6 Å². The molecule has 98 valence electrons. The predicted octanol–water partition coefficient (Wildman–Crippen LogP) is 4.08. The summed E-state index contributed by atoms with van der Waals surface area (Å²) in [7, 11) is 0. The highest BCUT2D eigenvalue weighted by atomic mass is 79.9. The number of pyridine rings is 1. The van der Waals surface area contributed by atoms with E-state index in [1.807, 2.05) is 0 Å². The summed E-state index contributed by atoms with van der Waals surface area (Å²) in [5.74, 6) is -1.23. The second kappa shape index (κ2) is 5.54. The van der Waals surface area contributed by atoms with Crippen LogP contribution in [0.3, 0.4) is 0 Å². The fourth-order valence-electron chi connectivity index (χ4n) is 1.41. The summed E-state index contributed by atoms with van der Waals surface area (Å²) in [6.45, 7) is 0. The van der Waals surface area contributed by atoms with Gasteiger partial charge in [0.1, 0.15) is 16.8 Å². The number of nitrogens with one attached hydrogen (secondary N) is 1. The number of carboxylic acids is 1. The van der Waals surface area contributed by atoms with Gasteiger partial charge in [0.15, 0.2) is 0 Å². The molecule has 0 saturated heterocycles. The number of aromatic nitrogens is 1. The van der Waals surface area contributed by atoms with Gasteiger partial charge in [-0.05, 0) is 46.3 Å². The van der Waals surface area contributed by atoms with Gasteiger partial charge >= 0.3 is 5.97 Å². The molecule has 1 heterocycles. The molecular weight excluding hydrogens is 338 g/mol. The maximum atomic E-state index is 13.1. The van der Waals surface area contributed by atoms with Crippen LogP contribution in [0.15, 0.2) is 34.8 Å². The lowest BCUT2D eigenvalue weighted by Gasteiger charge is -2.07. The molecule has 0 fully saturated rings. The van der Waals surface area contributed by atoms with Crippen LogP contribution in [0.25, 0.3) is 0 Å². The summed E-state index contributed by atoms with van der Waals surface area (Å²) >= 11 is 8.79. The average Bonchev–Trinajstić information content (AvgIpc) is 2.33. The van der Waals surface area contributed by atoms with Gasteiger partial charge in [-0.2, -0.15) is 0 Å². The summed E-state index contributed by atoms with van der Waals surface area (Å²) in [5.41, 5.74) is 0.572. The van der Waals surface area contributed by atoms with E-state index in [1.165, 1.54) is 30.3 Å². The molecule has 19 heavy (non-hydrogen) atoms. The Morgan fingerprint density at radius 3 is 2.74 bits per heavy atom. The van der Waals surface area contributed by atoms with Crippen molar-refractivity contribution in [1.82, 2.24) is 4.98 Å². The highest BCUT2D eigenvalue weighted by Gasteiger charge is 2.08. The van der Waals surface area contributed by atoms with Crippen molar-refractivity contribution in [3.8, 4) is 0 Å². The third-order valence-corrected chi connectivity index (χ3v) is 3.03. The van der Waals surface area contributed by atoms with E-state index in [9.17, 15) is 9.18 Å². The summed E-state index contributed by atoms with van der Waals surface area (Å²) < 4.78 is 13.4. The van der Waals surface area contributed by atoms with Crippen LogP contribution in [0.4, 0.5) is 15.9 Å². The van der Waals surface area contributed by atoms with Crippen LogP contribution in [-0.2, 0) is 0 Å². The fraction of sp³-hybridized carbons (Fsp3) is 0. The van der Waals surface area contributed by atoms with Crippen LogP contribution >= 0.6 is 27.5 Å². The van der Waals surface area contributed by atoms with Crippen LogP contribution in [0.5, 0.6) is 0 Å². The Kier molecular flexibility index (Phi) is 4.01. The van der Waals surface area contributed by atoms with Crippen molar-refractivity contribution in [1.29, 1.82) is 0 Å². The van der Waals surface area contributed by atoms with Gasteiger partial charge in [0, 0.05) is 5.69 Å². The Bertz CT molecular complexity index is 652. The monoisotopic (exact) mass is 344 g/mol. The van der Waals surface area contributed by atoms with E-state index < -0.39 is 11.8 Å². The van der Waals surface area contributed by atoms with E-state index in [2.05, 4.69) is 26.2 Å². The molecule has 0 spiro atoms. The van der Waals surface area contributed by atoms with Crippen molar-refractivity contribution in [3.05, 3.63) is 51.3 Å². The molecule has 1 aromatic carbocycles. The first kappa shape index (κ1) is 13.8.